The third-order valence-electron chi connectivity index (χ3n) is 1.86. The number of esters is 1. The molecule has 0 amide bonds. The molecule has 1 saturated heterocycles. The SMILES string of the molecule is C=C(C)C(=O)OC1(C)COCCCO1. The van der Waals surface area contributed by atoms with Crippen molar-refractivity contribution in [1.29, 1.82) is 0 Å². The van der Waals surface area contributed by atoms with Gasteiger partial charge in [0.2, 0.25) is 5.79 Å². The van der Waals surface area contributed by atoms with Crippen LogP contribution in [0.15, 0.2) is 12.2 Å². The molecule has 1 fully saturated rings. The molecule has 1 rings (SSSR count). The highest BCUT2D eigenvalue weighted by atomic mass is 16.7. The van der Waals surface area contributed by atoms with E-state index in [0.717, 1.165) is 6.42 Å². The Balaban J connectivity index is 2.54. The van der Waals surface area contributed by atoms with Gasteiger partial charge in [-0.25, -0.2) is 4.79 Å². The number of rotatable bonds is 2. The summed E-state index contributed by atoms with van der Waals surface area (Å²) in [6.45, 7) is 8.25. The zero-order chi connectivity index (χ0) is 10.6. The van der Waals surface area contributed by atoms with Crippen LogP contribution in [0.2, 0.25) is 0 Å². The fourth-order valence-electron chi connectivity index (χ4n) is 1.09. The van der Waals surface area contributed by atoms with Gasteiger partial charge in [0, 0.05) is 19.1 Å². The van der Waals surface area contributed by atoms with Gasteiger partial charge in [-0.1, -0.05) is 6.58 Å². The van der Waals surface area contributed by atoms with E-state index in [9.17, 15) is 4.79 Å². The van der Waals surface area contributed by atoms with Gasteiger partial charge in [0.15, 0.2) is 0 Å². The highest BCUT2D eigenvalue weighted by Gasteiger charge is 2.31. The van der Waals surface area contributed by atoms with Crippen LogP contribution in [0.4, 0.5) is 0 Å². The minimum Gasteiger partial charge on any atom is -0.427 e. The summed E-state index contributed by atoms with van der Waals surface area (Å²) in [5, 5.41) is 0. The van der Waals surface area contributed by atoms with E-state index in [1.165, 1.54) is 0 Å². The van der Waals surface area contributed by atoms with Gasteiger partial charge in [0.1, 0.15) is 6.61 Å². The van der Waals surface area contributed by atoms with Crippen molar-refractivity contribution < 1.29 is 19.0 Å². The van der Waals surface area contributed by atoms with Crippen molar-refractivity contribution >= 4 is 5.97 Å². The van der Waals surface area contributed by atoms with Crippen molar-refractivity contribution in [3.05, 3.63) is 12.2 Å². The van der Waals surface area contributed by atoms with Crippen molar-refractivity contribution in [1.82, 2.24) is 0 Å². The van der Waals surface area contributed by atoms with Gasteiger partial charge in [0.05, 0.1) is 6.61 Å². The Kier molecular flexibility index (Phi) is 3.66. The third-order valence-corrected chi connectivity index (χ3v) is 1.86. The van der Waals surface area contributed by atoms with Gasteiger partial charge in [-0.2, -0.15) is 0 Å². The fourth-order valence-corrected chi connectivity index (χ4v) is 1.09. The zero-order valence-corrected chi connectivity index (χ0v) is 8.67. The summed E-state index contributed by atoms with van der Waals surface area (Å²) in [6.07, 6.45) is 0.820. The maximum atomic E-state index is 11.3. The van der Waals surface area contributed by atoms with Crippen LogP contribution in [0.25, 0.3) is 0 Å². The van der Waals surface area contributed by atoms with Crippen molar-refractivity contribution in [3.63, 3.8) is 0 Å². The Morgan fingerprint density at radius 3 is 2.86 bits per heavy atom. The zero-order valence-electron chi connectivity index (χ0n) is 8.67. The third kappa shape index (κ3) is 3.12. The van der Waals surface area contributed by atoms with E-state index in [2.05, 4.69) is 6.58 Å². The van der Waals surface area contributed by atoms with Gasteiger partial charge in [0.25, 0.3) is 0 Å². The molecule has 1 aliphatic heterocycles. The van der Waals surface area contributed by atoms with Crippen LogP contribution in [0.1, 0.15) is 20.3 Å². The molecule has 80 valence electrons. The lowest BCUT2D eigenvalue weighted by molar-refractivity contribution is -0.229. The molecule has 0 bridgehead atoms. The fraction of sp³-hybridized carbons (Fsp3) is 0.700. The van der Waals surface area contributed by atoms with E-state index >= 15 is 0 Å². The Bertz CT molecular complexity index is 226. The lowest BCUT2D eigenvalue weighted by atomic mass is 10.3. The van der Waals surface area contributed by atoms with Crippen molar-refractivity contribution in [3.8, 4) is 0 Å². The first-order chi connectivity index (χ1) is 6.53. The van der Waals surface area contributed by atoms with Crippen molar-refractivity contribution in [2.24, 2.45) is 0 Å². The molecular weight excluding hydrogens is 184 g/mol. The quantitative estimate of drug-likeness (QED) is 0.497. The van der Waals surface area contributed by atoms with E-state index in [4.69, 9.17) is 14.2 Å². The summed E-state index contributed by atoms with van der Waals surface area (Å²) >= 11 is 0. The van der Waals surface area contributed by atoms with E-state index in [0.29, 0.717) is 18.8 Å². The molecule has 1 atom stereocenters. The number of carbonyl (C=O) groups is 1. The van der Waals surface area contributed by atoms with Crippen molar-refractivity contribution in [2.45, 2.75) is 26.1 Å². The molecule has 0 aromatic heterocycles. The lowest BCUT2D eigenvalue weighted by Crippen LogP contribution is -2.38. The molecule has 0 spiro atoms. The minimum absolute atomic E-state index is 0.270. The van der Waals surface area contributed by atoms with Gasteiger partial charge in [-0.15, -0.1) is 0 Å². The monoisotopic (exact) mass is 200 g/mol. The summed E-state index contributed by atoms with van der Waals surface area (Å²) in [6, 6.07) is 0. The van der Waals surface area contributed by atoms with Gasteiger partial charge in [-0.3, -0.25) is 0 Å². The molecule has 0 saturated carbocycles. The Hall–Kier alpha value is -0.870. The van der Waals surface area contributed by atoms with Gasteiger partial charge in [-0.05, 0) is 13.3 Å². The standard InChI is InChI=1S/C10H16O4/c1-8(2)9(11)14-10(3)7-12-5-4-6-13-10/h1,4-7H2,2-3H3. The van der Waals surface area contributed by atoms with E-state index in [1.54, 1.807) is 13.8 Å². The summed E-state index contributed by atoms with van der Waals surface area (Å²) in [5.41, 5.74) is 0.360. The normalized spacial score (nSPS) is 27.9. The largest absolute Gasteiger partial charge is 0.427 e. The van der Waals surface area contributed by atoms with E-state index in [1.807, 2.05) is 0 Å². The van der Waals surface area contributed by atoms with Gasteiger partial charge >= 0.3 is 5.97 Å². The first-order valence-electron chi connectivity index (χ1n) is 4.64. The van der Waals surface area contributed by atoms with Crippen LogP contribution < -0.4 is 0 Å². The first kappa shape index (κ1) is 11.2. The van der Waals surface area contributed by atoms with Crippen LogP contribution in [0, 0.1) is 0 Å². The molecule has 4 nitrogen and oxygen atoms in total. The van der Waals surface area contributed by atoms with E-state index < -0.39 is 11.8 Å². The molecule has 1 unspecified atom stereocenters. The summed E-state index contributed by atoms with van der Waals surface area (Å²) in [5.74, 6) is -1.41. The lowest BCUT2D eigenvalue weighted by Gasteiger charge is -2.27. The molecule has 0 aliphatic carbocycles. The topological polar surface area (TPSA) is 44.8 Å². The van der Waals surface area contributed by atoms with Gasteiger partial charge < -0.3 is 14.2 Å². The molecule has 0 aromatic carbocycles. The summed E-state index contributed by atoms with van der Waals surface area (Å²) < 4.78 is 15.8. The molecule has 1 aliphatic rings. The Morgan fingerprint density at radius 2 is 2.21 bits per heavy atom. The second-order valence-electron chi connectivity index (χ2n) is 3.56. The number of hydrogen-bond acceptors (Lipinski definition) is 4. The maximum Gasteiger partial charge on any atom is 0.335 e. The summed E-state index contributed by atoms with van der Waals surface area (Å²) in [7, 11) is 0. The number of ether oxygens (including phenoxy) is 3. The first-order valence-corrected chi connectivity index (χ1v) is 4.64. The second-order valence-corrected chi connectivity index (χ2v) is 3.56. The molecule has 0 N–H and O–H groups in total. The maximum absolute atomic E-state index is 11.3. The molecule has 14 heavy (non-hydrogen) atoms. The highest BCUT2D eigenvalue weighted by molar-refractivity contribution is 5.87. The molecule has 4 heteroatoms. The number of carbonyl (C=O) groups excluding carboxylic acids is 1. The minimum atomic E-state index is -0.966. The molecule has 1 heterocycles. The summed E-state index contributed by atoms with van der Waals surface area (Å²) in [4.78, 5) is 11.3. The van der Waals surface area contributed by atoms with Crippen LogP contribution in [-0.4, -0.2) is 31.6 Å². The second kappa shape index (κ2) is 4.57. The van der Waals surface area contributed by atoms with Crippen LogP contribution in [0.3, 0.4) is 0 Å². The molecular formula is C10H16O4. The average Bonchev–Trinajstić information content (AvgIpc) is 2.30. The average molecular weight is 200 g/mol. The number of hydrogen-bond donors (Lipinski definition) is 0. The van der Waals surface area contributed by atoms with Crippen molar-refractivity contribution in [2.75, 3.05) is 19.8 Å². The van der Waals surface area contributed by atoms with Crippen LogP contribution in [-0.2, 0) is 19.0 Å². The van der Waals surface area contributed by atoms with E-state index in [-0.39, 0.29) is 6.61 Å². The Morgan fingerprint density at radius 1 is 1.50 bits per heavy atom. The molecule has 0 radical (unpaired) electrons. The predicted molar refractivity (Wildman–Crippen MR) is 50.7 cm³/mol. The van der Waals surface area contributed by atoms with Crippen LogP contribution in [0.5, 0.6) is 0 Å². The highest BCUT2D eigenvalue weighted by Crippen LogP contribution is 2.18. The predicted octanol–water partition coefficient (Wildman–Crippen LogP) is 1.26. The molecule has 0 aromatic rings. The smallest absolute Gasteiger partial charge is 0.335 e. The Labute approximate surface area is 83.8 Å². The van der Waals surface area contributed by atoms with Crippen LogP contribution >= 0.6 is 0 Å².